The monoisotopic (exact) mass is 427 g/mol. The van der Waals surface area contributed by atoms with Gasteiger partial charge in [-0.25, -0.2) is 0 Å². The first-order valence-corrected chi connectivity index (χ1v) is 10.5. The number of aromatic nitrogens is 3. The highest BCUT2D eigenvalue weighted by Gasteiger charge is 2.42. The predicted octanol–water partition coefficient (Wildman–Crippen LogP) is 4.21. The molecule has 0 amide bonds. The van der Waals surface area contributed by atoms with E-state index < -0.39 is 0 Å². The molecule has 4 aromatic rings. The Kier molecular flexibility index (Phi) is 5.09. The van der Waals surface area contributed by atoms with Crippen molar-refractivity contribution in [3.63, 3.8) is 0 Å². The Balaban J connectivity index is 1.62. The minimum Gasteiger partial charge on any atom is -0.506 e. The second kappa shape index (κ2) is 8.20. The summed E-state index contributed by atoms with van der Waals surface area (Å²) in [7, 11) is 0. The lowest BCUT2D eigenvalue weighted by Gasteiger charge is -2.29. The van der Waals surface area contributed by atoms with Crippen molar-refractivity contribution in [2.24, 2.45) is 0 Å². The van der Waals surface area contributed by atoms with Crippen LogP contribution >= 0.6 is 12.2 Å². The van der Waals surface area contributed by atoms with Crippen LogP contribution < -0.4 is 10.2 Å². The fourth-order valence-corrected chi connectivity index (χ4v) is 4.43. The van der Waals surface area contributed by atoms with Crippen LogP contribution in [0.25, 0.3) is 0 Å². The smallest absolute Gasteiger partial charge is 0.174 e. The van der Waals surface area contributed by atoms with Gasteiger partial charge >= 0.3 is 0 Å². The lowest BCUT2D eigenvalue weighted by molar-refractivity contribution is 0.471. The number of thiocarbonyl (C=S) groups is 1. The molecule has 2 atom stereocenters. The number of phenolic OH excluding ortho intramolecular Hbond substituents is 1. The summed E-state index contributed by atoms with van der Waals surface area (Å²) in [5.41, 5.74) is 3.57. The van der Waals surface area contributed by atoms with Crippen LogP contribution in [-0.4, -0.2) is 24.8 Å². The number of anilines is 1. The van der Waals surface area contributed by atoms with Crippen molar-refractivity contribution >= 4 is 23.0 Å². The molecule has 0 spiro atoms. The highest BCUT2D eigenvalue weighted by Crippen LogP contribution is 2.44. The predicted molar refractivity (Wildman–Crippen MR) is 124 cm³/mol. The maximum atomic E-state index is 10.6. The van der Waals surface area contributed by atoms with Gasteiger partial charge in [-0.15, -0.1) is 0 Å². The van der Waals surface area contributed by atoms with Gasteiger partial charge in [0, 0.05) is 24.3 Å². The molecule has 3 aromatic heterocycles. The molecular weight excluding hydrogens is 406 g/mol. The summed E-state index contributed by atoms with van der Waals surface area (Å²) >= 11 is 5.74. The summed E-state index contributed by atoms with van der Waals surface area (Å²) in [4.78, 5) is 11.0. The van der Waals surface area contributed by atoms with Crippen molar-refractivity contribution in [1.29, 1.82) is 0 Å². The highest BCUT2D eigenvalue weighted by molar-refractivity contribution is 7.80. The Bertz CT molecular complexity index is 1190. The molecule has 1 aromatic carbocycles. The second-order valence-corrected chi connectivity index (χ2v) is 7.75. The SMILES string of the molecule is Oc1ccccc1N1C(=S)N[C@H](c2ccccn2)[C@@H]1c1cccn1Cc1ccccn1. The Hall–Kier alpha value is -3.71. The third-order valence-corrected chi connectivity index (χ3v) is 5.78. The van der Waals surface area contributed by atoms with E-state index in [1.807, 2.05) is 65.7 Å². The van der Waals surface area contributed by atoms with Crippen molar-refractivity contribution in [3.05, 3.63) is 108 Å². The first-order chi connectivity index (χ1) is 15.2. The fraction of sp³-hybridized carbons (Fsp3) is 0.125. The molecule has 6 nitrogen and oxygen atoms in total. The van der Waals surface area contributed by atoms with Gasteiger partial charge in [0.1, 0.15) is 11.8 Å². The van der Waals surface area contributed by atoms with Crippen molar-refractivity contribution in [3.8, 4) is 5.75 Å². The van der Waals surface area contributed by atoms with Crippen LogP contribution in [0.3, 0.4) is 0 Å². The summed E-state index contributed by atoms with van der Waals surface area (Å²) in [6, 6.07) is 22.8. The minimum atomic E-state index is -0.200. The van der Waals surface area contributed by atoms with E-state index in [9.17, 15) is 5.11 Å². The van der Waals surface area contributed by atoms with Crippen molar-refractivity contribution in [2.45, 2.75) is 18.6 Å². The standard InChI is InChI=1S/C24H21N5OS/c30-21-12-2-1-10-19(21)29-23(22(27-24(29)31)18-9-4-6-14-26-18)20-11-7-15-28(20)16-17-8-3-5-13-25-17/h1-15,22-23,30H,16H2,(H,27,31)/t22-,23+/m1/s1. The van der Waals surface area contributed by atoms with Gasteiger partial charge < -0.3 is 19.9 Å². The maximum absolute atomic E-state index is 10.6. The third kappa shape index (κ3) is 3.64. The lowest BCUT2D eigenvalue weighted by Crippen LogP contribution is -2.30. The van der Waals surface area contributed by atoms with E-state index in [0.29, 0.717) is 17.3 Å². The van der Waals surface area contributed by atoms with Gasteiger partial charge in [-0.05, 0) is 60.7 Å². The highest BCUT2D eigenvalue weighted by atomic mass is 32.1. The van der Waals surface area contributed by atoms with E-state index in [1.54, 1.807) is 24.5 Å². The number of nitrogens with one attached hydrogen (secondary N) is 1. The van der Waals surface area contributed by atoms with Crippen molar-refractivity contribution < 1.29 is 5.11 Å². The molecule has 0 radical (unpaired) electrons. The molecule has 154 valence electrons. The van der Waals surface area contributed by atoms with E-state index in [4.69, 9.17) is 12.2 Å². The Morgan fingerprint density at radius 3 is 2.42 bits per heavy atom. The van der Waals surface area contributed by atoms with Crippen LogP contribution in [0.5, 0.6) is 5.75 Å². The lowest BCUT2D eigenvalue weighted by atomic mass is 10.0. The average Bonchev–Trinajstić information content (AvgIpc) is 3.39. The summed E-state index contributed by atoms with van der Waals surface area (Å²) in [5.74, 6) is 0.182. The van der Waals surface area contributed by atoms with Gasteiger partial charge in [-0.3, -0.25) is 9.97 Å². The molecule has 1 fully saturated rings. The van der Waals surface area contributed by atoms with Crippen LogP contribution in [0.2, 0.25) is 0 Å². The van der Waals surface area contributed by atoms with E-state index in [2.05, 4.69) is 25.9 Å². The van der Waals surface area contributed by atoms with Gasteiger partial charge in [0.25, 0.3) is 0 Å². The largest absolute Gasteiger partial charge is 0.506 e. The maximum Gasteiger partial charge on any atom is 0.174 e. The molecule has 0 saturated carbocycles. The zero-order chi connectivity index (χ0) is 21.2. The summed E-state index contributed by atoms with van der Waals surface area (Å²) in [6.07, 6.45) is 5.63. The second-order valence-electron chi connectivity index (χ2n) is 7.37. The Morgan fingerprint density at radius 1 is 0.903 bits per heavy atom. The van der Waals surface area contributed by atoms with Crippen LogP contribution in [0.15, 0.2) is 91.4 Å². The number of nitrogens with zero attached hydrogens (tertiary/aromatic N) is 4. The van der Waals surface area contributed by atoms with Gasteiger partial charge in [-0.1, -0.05) is 24.3 Å². The Morgan fingerprint density at radius 2 is 1.68 bits per heavy atom. The minimum absolute atomic E-state index is 0.175. The number of phenols is 1. The molecule has 7 heteroatoms. The van der Waals surface area contributed by atoms with Gasteiger partial charge in [0.05, 0.1) is 29.7 Å². The molecule has 0 unspecified atom stereocenters. The summed E-state index contributed by atoms with van der Waals surface area (Å²) < 4.78 is 2.17. The van der Waals surface area contributed by atoms with Crippen LogP contribution in [0.1, 0.15) is 29.2 Å². The molecule has 0 bridgehead atoms. The normalized spacial score (nSPS) is 18.2. The van der Waals surface area contributed by atoms with E-state index in [1.165, 1.54) is 0 Å². The van der Waals surface area contributed by atoms with Gasteiger partial charge in [0.2, 0.25) is 0 Å². The molecule has 4 heterocycles. The number of benzene rings is 1. The topological polar surface area (TPSA) is 66.2 Å². The molecular formula is C24H21N5OS. The van der Waals surface area contributed by atoms with Crippen LogP contribution in [0, 0.1) is 0 Å². The first-order valence-electron chi connectivity index (χ1n) is 10.1. The zero-order valence-corrected chi connectivity index (χ0v) is 17.5. The molecule has 2 N–H and O–H groups in total. The van der Waals surface area contributed by atoms with Crippen molar-refractivity contribution in [1.82, 2.24) is 19.9 Å². The van der Waals surface area contributed by atoms with E-state index in [0.717, 1.165) is 17.1 Å². The van der Waals surface area contributed by atoms with E-state index >= 15 is 0 Å². The number of aromatic hydroxyl groups is 1. The average molecular weight is 428 g/mol. The first kappa shape index (κ1) is 19.3. The number of pyridine rings is 2. The summed E-state index contributed by atoms with van der Waals surface area (Å²) in [6.45, 7) is 0.635. The quantitative estimate of drug-likeness (QED) is 0.465. The number of para-hydroxylation sites is 2. The zero-order valence-electron chi connectivity index (χ0n) is 16.7. The number of rotatable bonds is 5. The molecule has 1 aliphatic heterocycles. The molecule has 1 saturated heterocycles. The molecule has 1 aliphatic rings. The number of hydrogen-bond acceptors (Lipinski definition) is 4. The summed E-state index contributed by atoms with van der Waals surface area (Å²) in [5, 5.41) is 14.6. The van der Waals surface area contributed by atoms with E-state index in [-0.39, 0.29) is 17.8 Å². The van der Waals surface area contributed by atoms with Crippen LogP contribution in [-0.2, 0) is 6.54 Å². The molecule has 5 rings (SSSR count). The third-order valence-electron chi connectivity index (χ3n) is 5.47. The van der Waals surface area contributed by atoms with Gasteiger partial charge in [-0.2, -0.15) is 0 Å². The van der Waals surface area contributed by atoms with Gasteiger partial charge in [0.15, 0.2) is 5.11 Å². The Labute approximate surface area is 185 Å². The van der Waals surface area contributed by atoms with Crippen molar-refractivity contribution in [2.75, 3.05) is 4.90 Å². The molecule has 31 heavy (non-hydrogen) atoms. The number of hydrogen-bond donors (Lipinski definition) is 2. The van der Waals surface area contributed by atoms with Crippen LogP contribution in [0.4, 0.5) is 5.69 Å². The fourth-order valence-electron chi connectivity index (χ4n) is 4.09. The molecule has 0 aliphatic carbocycles.